The van der Waals surface area contributed by atoms with Gasteiger partial charge in [-0.3, -0.25) is 14.9 Å². The molecule has 3 nitrogen and oxygen atoms in total. The molecule has 0 bridgehead atoms. The predicted octanol–water partition coefficient (Wildman–Crippen LogP) is 1.61. The Morgan fingerprint density at radius 3 is 2.67 bits per heavy atom. The summed E-state index contributed by atoms with van der Waals surface area (Å²) in [6, 6.07) is 3.99. The van der Waals surface area contributed by atoms with Crippen molar-refractivity contribution in [2.75, 3.05) is 0 Å². The summed E-state index contributed by atoms with van der Waals surface area (Å²) in [6.45, 7) is 3.91. The third-order valence-electron chi connectivity index (χ3n) is 2.82. The normalized spacial score (nSPS) is 25.7. The maximum absolute atomic E-state index is 11.7. The van der Waals surface area contributed by atoms with Crippen molar-refractivity contribution in [3.05, 3.63) is 21.9 Å². The van der Waals surface area contributed by atoms with Crippen molar-refractivity contribution in [3.63, 3.8) is 0 Å². The highest BCUT2D eigenvalue weighted by Gasteiger charge is 2.44. The smallest absolute Gasteiger partial charge is 0.238 e. The van der Waals surface area contributed by atoms with Crippen molar-refractivity contribution in [2.24, 2.45) is 0 Å². The predicted molar refractivity (Wildman–Crippen MR) is 58.8 cm³/mol. The van der Waals surface area contributed by atoms with Gasteiger partial charge in [0.05, 0.1) is 5.41 Å². The Hall–Kier alpha value is -1.16. The van der Waals surface area contributed by atoms with E-state index in [-0.39, 0.29) is 18.2 Å². The second-order valence-electron chi connectivity index (χ2n) is 4.01. The molecule has 1 fully saturated rings. The second-order valence-corrected chi connectivity index (χ2v) is 5.17. The molecule has 1 atom stereocenters. The minimum Gasteiger partial charge on any atom is -0.296 e. The molecule has 80 valence electrons. The van der Waals surface area contributed by atoms with Crippen LogP contribution < -0.4 is 5.32 Å². The van der Waals surface area contributed by atoms with Gasteiger partial charge in [-0.15, -0.1) is 11.3 Å². The molecule has 0 aromatic carbocycles. The van der Waals surface area contributed by atoms with Crippen LogP contribution in [-0.2, 0) is 21.4 Å². The molecule has 1 unspecified atom stereocenters. The number of carbonyl (C=O) groups is 2. The van der Waals surface area contributed by atoms with Crippen LogP contribution in [0.25, 0.3) is 0 Å². The molecule has 0 aliphatic carbocycles. The molecule has 1 saturated heterocycles. The number of nitrogens with one attached hydrogen (secondary N) is 1. The Kier molecular flexibility index (Phi) is 2.38. The largest absolute Gasteiger partial charge is 0.296 e. The van der Waals surface area contributed by atoms with E-state index < -0.39 is 5.41 Å². The van der Waals surface area contributed by atoms with E-state index in [1.54, 1.807) is 11.3 Å². The van der Waals surface area contributed by atoms with Crippen LogP contribution in [0.5, 0.6) is 0 Å². The maximum atomic E-state index is 11.7. The molecule has 1 aromatic rings. The van der Waals surface area contributed by atoms with E-state index in [9.17, 15) is 9.59 Å². The lowest BCUT2D eigenvalue weighted by atomic mass is 9.87. The van der Waals surface area contributed by atoms with Crippen molar-refractivity contribution >= 4 is 23.2 Å². The minimum absolute atomic E-state index is 0.169. The quantitative estimate of drug-likeness (QED) is 0.774. The van der Waals surface area contributed by atoms with Gasteiger partial charge in [0.1, 0.15) is 0 Å². The van der Waals surface area contributed by atoms with Crippen LogP contribution in [0.1, 0.15) is 30.0 Å². The lowest BCUT2D eigenvalue weighted by Crippen LogP contribution is -2.31. The van der Waals surface area contributed by atoms with Gasteiger partial charge in [0, 0.05) is 16.2 Å². The molecule has 1 aromatic heterocycles. The van der Waals surface area contributed by atoms with E-state index in [1.165, 1.54) is 4.88 Å². The van der Waals surface area contributed by atoms with Gasteiger partial charge < -0.3 is 0 Å². The lowest BCUT2D eigenvalue weighted by molar-refractivity contribution is -0.126. The number of aryl methyl sites for hydroxylation is 1. The van der Waals surface area contributed by atoms with Gasteiger partial charge in [0.2, 0.25) is 11.8 Å². The van der Waals surface area contributed by atoms with E-state index in [0.29, 0.717) is 0 Å². The fourth-order valence-electron chi connectivity index (χ4n) is 1.77. The minimum atomic E-state index is -0.644. The van der Waals surface area contributed by atoms with Crippen LogP contribution >= 0.6 is 11.3 Å². The standard InChI is InChI=1S/C11H13NO2S/c1-3-7-4-5-8(15-7)11(2)6-9(13)12-10(11)14/h4-5H,3,6H2,1-2H3,(H,12,13,14). The Bertz CT molecular complexity index is 424. The first-order valence-corrected chi connectivity index (χ1v) is 5.81. The molecule has 15 heavy (non-hydrogen) atoms. The lowest BCUT2D eigenvalue weighted by Gasteiger charge is -2.16. The second kappa shape index (κ2) is 3.45. The van der Waals surface area contributed by atoms with Gasteiger partial charge in [-0.05, 0) is 25.5 Å². The molecular weight excluding hydrogens is 210 g/mol. The first kappa shape index (κ1) is 10.4. The SMILES string of the molecule is CCc1ccc(C2(C)CC(=O)NC2=O)s1. The van der Waals surface area contributed by atoms with Crippen molar-refractivity contribution in [1.82, 2.24) is 5.32 Å². The Balaban J connectivity index is 2.37. The molecule has 2 rings (SSSR count). The van der Waals surface area contributed by atoms with Gasteiger partial charge in [-0.2, -0.15) is 0 Å². The summed E-state index contributed by atoms with van der Waals surface area (Å²) in [6.07, 6.45) is 1.24. The number of carbonyl (C=O) groups excluding carboxylic acids is 2. The first-order chi connectivity index (χ1) is 7.06. The molecule has 4 heteroatoms. The van der Waals surface area contributed by atoms with E-state index in [0.717, 1.165) is 11.3 Å². The van der Waals surface area contributed by atoms with Crippen molar-refractivity contribution in [1.29, 1.82) is 0 Å². The van der Waals surface area contributed by atoms with E-state index in [2.05, 4.69) is 12.2 Å². The molecule has 2 amide bonds. The summed E-state index contributed by atoms with van der Waals surface area (Å²) in [5, 5.41) is 2.36. The van der Waals surface area contributed by atoms with Crippen molar-refractivity contribution < 1.29 is 9.59 Å². The number of rotatable bonds is 2. The topological polar surface area (TPSA) is 46.2 Å². The summed E-state index contributed by atoms with van der Waals surface area (Å²) >= 11 is 1.62. The molecular formula is C11H13NO2S. The van der Waals surface area contributed by atoms with E-state index in [1.807, 2.05) is 19.1 Å². The zero-order valence-corrected chi connectivity index (χ0v) is 9.61. The molecule has 2 heterocycles. The summed E-state index contributed by atoms with van der Waals surface area (Å²) in [7, 11) is 0. The van der Waals surface area contributed by atoms with Crippen molar-refractivity contribution in [3.8, 4) is 0 Å². The summed E-state index contributed by atoms with van der Waals surface area (Å²) in [5.74, 6) is -0.342. The van der Waals surface area contributed by atoms with Gasteiger partial charge in [0.25, 0.3) is 0 Å². The fourth-order valence-corrected chi connectivity index (χ4v) is 2.86. The van der Waals surface area contributed by atoms with Gasteiger partial charge >= 0.3 is 0 Å². The van der Waals surface area contributed by atoms with Crippen LogP contribution in [0.15, 0.2) is 12.1 Å². The number of thiophene rings is 1. The highest BCUT2D eigenvalue weighted by molar-refractivity contribution is 7.12. The van der Waals surface area contributed by atoms with Crippen molar-refractivity contribution in [2.45, 2.75) is 32.1 Å². The highest BCUT2D eigenvalue weighted by atomic mass is 32.1. The van der Waals surface area contributed by atoms with Crippen LogP contribution in [0.4, 0.5) is 0 Å². The zero-order chi connectivity index (χ0) is 11.1. The average Bonchev–Trinajstić information content (AvgIpc) is 2.73. The summed E-state index contributed by atoms with van der Waals surface area (Å²) < 4.78 is 0. The summed E-state index contributed by atoms with van der Waals surface area (Å²) in [4.78, 5) is 25.1. The Morgan fingerprint density at radius 1 is 1.47 bits per heavy atom. The number of hydrogen-bond donors (Lipinski definition) is 1. The number of amides is 2. The maximum Gasteiger partial charge on any atom is 0.238 e. The number of imide groups is 1. The third kappa shape index (κ3) is 1.59. The van der Waals surface area contributed by atoms with Gasteiger partial charge in [0.15, 0.2) is 0 Å². The molecule has 1 N–H and O–H groups in total. The Labute approximate surface area is 92.5 Å². The molecule has 1 aliphatic rings. The van der Waals surface area contributed by atoms with Crippen LogP contribution in [0.3, 0.4) is 0 Å². The number of hydrogen-bond acceptors (Lipinski definition) is 3. The van der Waals surface area contributed by atoms with Gasteiger partial charge in [-0.25, -0.2) is 0 Å². The van der Waals surface area contributed by atoms with Gasteiger partial charge in [-0.1, -0.05) is 6.92 Å². The molecule has 1 aliphatic heterocycles. The van der Waals surface area contributed by atoms with Crippen LogP contribution in [-0.4, -0.2) is 11.8 Å². The van der Waals surface area contributed by atoms with E-state index in [4.69, 9.17) is 0 Å². The van der Waals surface area contributed by atoms with Crippen LogP contribution in [0, 0.1) is 0 Å². The first-order valence-electron chi connectivity index (χ1n) is 4.99. The molecule has 0 spiro atoms. The summed E-state index contributed by atoms with van der Waals surface area (Å²) in [5.41, 5.74) is -0.644. The molecule has 0 radical (unpaired) electrons. The Morgan fingerprint density at radius 2 is 2.20 bits per heavy atom. The fraction of sp³-hybridized carbons (Fsp3) is 0.455. The molecule has 0 saturated carbocycles. The third-order valence-corrected chi connectivity index (χ3v) is 4.32. The van der Waals surface area contributed by atoms with Crippen LogP contribution in [0.2, 0.25) is 0 Å². The monoisotopic (exact) mass is 223 g/mol. The van der Waals surface area contributed by atoms with E-state index >= 15 is 0 Å². The average molecular weight is 223 g/mol. The highest BCUT2D eigenvalue weighted by Crippen LogP contribution is 2.36. The zero-order valence-electron chi connectivity index (χ0n) is 8.79.